The number of ether oxygens (including phenoxy) is 1. The number of anilines is 1. The highest BCUT2D eigenvalue weighted by molar-refractivity contribution is 7.17. The number of carbonyl (C=O) groups is 2. The second-order valence-electron chi connectivity index (χ2n) is 6.54. The molecule has 1 aromatic carbocycles. The zero-order valence-electron chi connectivity index (χ0n) is 14.8. The van der Waals surface area contributed by atoms with Gasteiger partial charge in [0.2, 0.25) is 0 Å². The predicted molar refractivity (Wildman–Crippen MR) is 101 cm³/mol. The quantitative estimate of drug-likeness (QED) is 0.813. The largest absolute Gasteiger partial charge is 0.465 e. The van der Waals surface area contributed by atoms with Crippen LogP contribution in [0.4, 0.5) is 5.00 Å². The average molecular weight is 357 g/mol. The van der Waals surface area contributed by atoms with Crippen LogP contribution in [0.2, 0.25) is 0 Å². The molecule has 0 saturated heterocycles. The molecular weight excluding hydrogens is 334 g/mol. The van der Waals surface area contributed by atoms with Crippen LogP contribution in [-0.2, 0) is 17.6 Å². The Balaban J connectivity index is 1.94. The van der Waals surface area contributed by atoms with E-state index in [0.717, 1.165) is 36.8 Å². The van der Waals surface area contributed by atoms with Crippen molar-refractivity contribution in [2.75, 3.05) is 12.4 Å². The van der Waals surface area contributed by atoms with Crippen molar-refractivity contribution in [3.63, 3.8) is 0 Å². The molecule has 0 bridgehead atoms. The van der Waals surface area contributed by atoms with Gasteiger partial charge in [-0.05, 0) is 49.8 Å². The SMILES string of the molecule is CCC1CCc2c(sc(NC(=O)c3cccc(C)c3)c2C(=O)OC)C1. The van der Waals surface area contributed by atoms with E-state index in [4.69, 9.17) is 4.74 Å². The first kappa shape index (κ1) is 17.7. The number of aryl methyl sites for hydroxylation is 1. The lowest BCUT2D eigenvalue weighted by atomic mass is 9.85. The molecule has 3 rings (SSSR count). The van der Waals surface area contributed by atoms with Crippen molar-refractivity contribution in [2.24, 2.45) is 5.92 Å². The van der Waals surface area contributed by atoms with Gasteiger partial charge in [-0.25, -0.2) is 4.79 Å². The van der Waals surface area contributed by atoms with Gasteiger partial charge < -0.3 is 10.1 Å². The molecule has 0 fully saturated rings. The second kappa shape index (κ2) is 7.40. The van der Waals surface area contributed by atoms with Crippen molar-refractivity contribution < 1.29 is 14.3 Å². The predicted octanol–water partition coefficient (Wildman–Crippen LogP) is 4.61. The standard InChI is InChI=1S/C20H23NO3S/c1-4-13-8-9-15-16(11-13)25-19(17(15)20(23)24-3)21-18(22)14-7-5-6-12(2)10-14/h5-7,10,13H,4,8-9,11H2,1-3H3,(H,21,22). The van der Waals surface area contributed by atoms with Crippen LogP contribution in [0, 0.1) is 12.8 Å². The Hall–Kier alpha value is -2.14. The summed E-state index contributed by atoms with van der Waals surface area (Å²) in [5, 5.41) is 3.55. The summed E-state index contributed by atoms with van der Waals surface area (Å²) >= 11 is 1.52. The number of methoxy groups -OCH3 is 1. The minimum absolute atomic E-state index is 0.195. The topological polar surface area (TPSA) is 55.4 Å². The van der Waals surface area contributed by atoms with Crippen LogP contribution in [0.1, 0.15) is 56.5 Å². The Morgan fingerprint density at radius 1 is 1.36 bits per heavy atom. The molecule has 2 aromatic rings. The molecule has 0 aliphatic heterocycles. The Morgan fingerprint density at radius 2 is 2.16 bits per heavy atom. The Morgan fingerprint density at radius 3 is 2.84 bits per heavy atom. The average Bonchev–Trinajstić information content (AvgIpc) is 2.97. The van der Waals surface area contributed by atoms with E-state index >= 15 is 0 Å². The number of nitrogens with one attached hydrogen (secondary N) is 1. The third-order valence-electron chi connectivity index (χ3n) is 4.84. The monoisotopic (exact) mass is 357 g/mol. The third-order valence-corrected chi connectivity index (χ3v) is 6.01. The number of carbonyl (C=O) groups excluding carboxylic acids is 2. The Bertz CT molecular complexity index is 809. The van der Waals surface area contributed by atoms with E-state index in [1.54, 1.807) is 6.07 Å². The summed E-state index contributed by atoms with van der Waals surface area (Å²) < 4.78 is 4.98. The minimum Gasteiger partial charge on any atom is -0.465 e. The zero-order chi connectivity index (χ0) is 18.0. The molecule has 0 spiro atoms. The maximum absolute atomic E-state index is 12.6. The van der Waals surface area contributed by atoms with Crippen molar-refractivity contribution in [1.29, 1.82) is 0 Å². The van der Waals surface area contributed by atoms with Crippen LogP contribution in [0.5, 0.6) is 0 Å². The van der Waals surface area contributed by atoms with Crippen molar-refractivity contribution >= 4 is 28.2 Å². The Kier molecular flexibility index (Phi) is 5.23. The highest BCUT2D eigenvalue weighted by atomic mass is 32.1. The second-order valence-corrected chi connectivity index (χ2v) is 7.65. The van der Waals surface area contributed by atoms with Gasteiger partial charge >= 0.3 is 5.97 Å². The van der Waals surface area contributed by atoms with Gasteiger partial charge in [-0.3, -0.25) is 4.79 Å². The normalized spacial score (nSPS) is 16.2. The number of benzene rings is 1. The highest BCUT2D eigenvalue weighted by Crippen LogP contribution is 2.40. The maximum Gasteiger partial charge on any atom is 0.341 e. The van der Waals surface area contributed by atoms with Gasteiger partial charge in [0, 0.05) is 10.4 Å². The number of hydrogen-bond donors (Lipinski definition) is 1. The lowest BCUT2D eigenvalue weighted by molar-refractivity contribution is 0.0601. The summed E-state index contributed by atoms with van der Waals surface area (Å²) in [4.78, 5) is 26.1. The molecule has 1 unspecified atom stereocenters. The van der Waals surface area contributed by atoms with Crippen LogP contribution >= 0.6 is 11.3 Å². The van der Waals surface area contributed by atoms with Crippen LogP contribution in [-0.4, -0.2) is 19.0 Å². The molecule has 1 aliphatic rings. The molecular formula is C20H23NO3S. The third kappa shape index (κ3) is 3.61. The van der Waals surface area contributed by atoms with Crippen LogP contribution < -0.4 is 5.32 Å². The summed E-state index contributed by atoms with van der Waals surface area (Å²) in [6.45, 7) is 4.15. The first-order chi connectivity index (χ1) is 12.0. The van der Waals surface area contributed by atoms with Crippen LogP contribution in [0.3, 0.4) is 0 Å². The van der Waals surface area contributed by atoms with E-state index in [9.17, 15) is 9.59 Å². The van der Waals surface area contributed by atoms with E-state index in [0.29, 0.717) is 22.0 Å². The number of fused-ring (bicyclic) bond motifs is 1. The highest BCUT2D eigenvalue weighted by Gasteiger charge is 2.29. The molecule has 0 radical (unpaired) electrons. The Labute approximate surface area is 152 Å². The van der Waals surface area contributed by atoms with Crippen LogP contribution in [0.15, 0.2) is 24.3 Å². The molecule has 5 heteroatoms. The molecule has 0 saturated carbocycles. The molecule has 1 heterocycles. The zero-order valence-corrected chi connectivity index (χ0v) is 15.7. The number of esters is 1. The molecule has 1 atom stereocenters. The van der Waals surface area contributed by atoms with Gasteiger partial charge in [0.1, 0.15) is 5.00 Å². The maximum atomic E-state index is 12.6. The van der Waals surface area contributed by atoms with E-state index in [-0.39, 0.29) is 11.9 Å². The fraction of sp³-hybridized carbons (Fsp3) is 0.400. The van der Waals surface area contributed by atoms with Crippen molar-refractivity contribution in [3.05, 3.63) is 51.4 Å². The smallest absolute Gasteiger partial charge is 0.341 e. The number of amides is 1. The molecule has 132 valence electrons. The van der Waals surface area contributed by atoms with E-state index in [2.05, 4.69) is 12.2 Å². The van der Waals surface area contributed by atoms with Gasteiger partial charge in [-0.15, -0.1) is 11.3 Å². The summed E-state index contributed by atoms with van der Waals surface area (Å²) in [6, 6.07) is 7.43. The van der Waals surface area contributed by atoms with E-state index < -0.39 is 0 Å². The van der Waals surface area contributed by atoms with E-state index in [1.807, 2.05) is 25.1 Å². The van der Waals surface area contributed by atoms with Crippen molar-refractivity contribution in [1.82, 2.24) is 0 Å². The summed E-state index contributed by atoms with van der Waals surface area (Å²) in [7, 11) is 1.39. The van der Waals surface area contributed by atoms with Gasteiger partial charge in [-0.2, -0.15) is 0 Å². The lowest BCUT2D eigenvalue weighted by Crippen LogP contribution is -2.16. The minimum atomic E-state index is -0.369. The summed E-state index contributed by atoms with van der Waals surface area (Å²) in [5.74, 6) is 0.0865. The van der Waals surface area contributed by atoms with Crippen molar-refractivity contribution in [3.8, 4) is 0 Å². The van der Waals surface area contributed by atoms with Gasteiger partial charge in [0.05, 0.1) is 12.7 Å². The lowest BCUT2D eigenvalue weighted by Gasteiger charge is -2.20. The summed E-state index contributed by atoms with van der Waals surface area (Å²) in [6.07, 6.45) is 4.06. The first-order valence-electron chi connectivity index (χ1n) is 8.64. The molecule has 1 amide bonds. The fourth-order valence-corrected chi connectivity index (χ4v) is 4.72. The van der Waals surface area contributed by atoms with Crippen LogP contribution in [0.25, 0.3) is 0 Å². The number of thiophene rings is 1. The van der Waals surface area contributed by atoms with E-state index in [1.165, 1.54) is 23.3 Å². The molecule has 4 nitrogen and oxygen atoms in total. The van der Waals surface area contributed by atoms with Crippen molar-refractivity contribution in [2.45, 2.75) is 39.5 Å². The summed E-state index contributed by atoms with van der Waals surface area (Å²) in [5.41, 5.74) is 3.21. The fourth-order valence-electron chi connectivity index (χ4n) is 3.37. The molecule has 1 N–H and O–H groups in total. The molecule has 1 aromatic heterocycles. The molecule has 25 heavy (non-hydrogen) atoms. The van der Waals surface area contributed by atoms with Gasteiger partial charge in [-0.1, -0.05) is 31.0 Å². The van der Waals surface area contributed by atoms with Gasteiger partial charge in [0.25, 0.3) is 5.91 Å². The first-order valence-corrected chi connectivity index (χ1v) is 9.46. The van der Waals surface area contributed by atoms with Gasteiger partial charge in [0.15, 0.2) is 0 Å². The number of rotatable bonds is 4. The number of hydrogen-bond acceptors (Lipinski definition) is 4. The molecule has 1 aliphatic carbocycles.